The van der Waals surface area contributed by atoms with Crippen LogP contribution in [0.25, 0.3) is 0 Å². The van der Waals surface area contributed by atoms with E-state index in [1.165, 1.54) is 7.11 Å². The summed E-state index contributed by atoms with van der Waals surface area (Å²) in [4.78, 5) is 25.3. The van der Waals surface area contributed by atoms with Gasteiger partial charge < -0.3 is 18.7 Å². The number of methoxy groups -OCH3 is 1. The van der Waals surface area contributed by atoms with Crippen molar-refractivity contribution in [1.29, 1.82) is 0 Å². The first-order chi connectivity index (χ1) is 16.4. The average Bonchev–Trinajstić information content (AvgIpc) is 3.18. The number of hydrazine groups is 1. The summed E-state index contributed by atoms with van der Waals surface area (Å²) in [6.45, 7) is 6.45. The van der Waals surface area contributed by atoms with Crippen LogP contribution in [0.2, 0.25) is 0 Å². The molecule has 180 valence electrons. The van der Waals surface area contributed by atoms with Crippen LogP contribution in [0.4, 0.5) is 0 Å². The highest BCUT2D eigenvalue weighted by atomic mass is 16.5. The lowest BCUT2D eigenvalue weighted by Crippen LogP contribution is -2.41. The highest BCUT2D eigenvalue weighted by Gasteiger charge is 2.17. The van der Waals surface area contributed by atoms with Crippen molar-refractivity contribution in [2.45, 2.75) is 40.2 Å². The number of amides is 2. The maximum atomic E-state index is 12.7. The number of hydrogen-bond acceptors (Lipinski definition) is 7. The molecule has 34 heavy (non-hydrogen) atoms. The molecular formula is C25H29N3O6. The van der Waals surface area contributed by atoms with E-state index in [0.29, 0.717) is 35.2 Å². The van der Waals surface area contributed by atoms with Gasteiger partial charge in [-0.25, -0.2) is 0 Å². The van der Waals surface area contributed by atoms with Gasteiger partial charge in [-0.3, -0.25) is 20.4 Å². The van der Waals surface area contributed by atoms with Crippen LogP contribution in [0.15, 0.2) is 47.0 Å². The molecule has 0 aliphatic carbocycles. The van der Waals surface area contributed by atoms with Crippen LogP contribution in [-0.2, 0) is 6.61 Å². The molecule has 0 spiro atoms. The van der Waals surface area contributed by atoms with Gasteiger partial charge >= 0.3 is 0 Å². The van der Waals surface area contributed by atoms with Gasteiger partial charge in [-0.05, 0) is 50.6 Å². The lowest BCUT2D eigenvalue weighted by molar-refractivity contribution is 0.0844. The van der Waals surface area contributed by atoms with Gasteiger partial charge in [0.05, 0.1) is 30.5 Å². The molecule has 2 amide bonds. The number of aromatic nitrogens is 1. The van der Waals surface area contributed by atoms with Gasteiger partial charge in [-0.15, -0.1) is 0 Å². The van der Waals surface area contributed by atoms with Crippen LogP contribution in [0.1, 0.15) is 57.5 Å². The van der Waals surface area contributed by atoms with E-state index in [4.69, 9.17) is 18.7 Å². The van der Waals surface area contributed by atoms with E-state index in [0.717, 1.165) is 24.1 Å². The Labute approximate surface area is 198 Å². The van der Waals surface area contributed by atoms with E-state index >= 15 is 0 Å². The first kappa shape index (κ1) is 24.6. The summed E-state index contributed by atoms with van der Waals surface area (Å²) < 4.78 is 22.0. The third-order valence-corrected chi connectivity index (χ3v) is 5.16. The Morgan fingerprint density at radius 1 is 0.971 bits per heavy atom. The predicted molar refractivity (Wildman–Crippen MR) is 125 cm³/mol. The Morgan fingerprint density at radius 3 is 2.44 bits per heavy atom. The number of ether oxygens (including phenoxy) is 3. The fourth-order valence-electron chi connectivity index (χ4n) is 3.15. The molecule has 0 radical (unpaired) electrons. The Balaban J connectivity index is 1.63. The number of aryl methyl sites for hydroxylation is 2. The molecule has 2 aromatic carbocycles. The normalized spacial score (nSPS) is 10.5. The van der Waals surface area contributed by atoms with Crippen LogP contribution in [-0.4, -0.2) is 30.7 Å². The lowest BCUT2D eigenvalue weighted by Gasteiger charge is -2.14. The molecule has 0 bridgehead atoms. The molecule has 3 aromatic rings. The Hall–Kier alpha value is -4.01. The molecule has 1 aromatic heterocycles. The van der Waals surface area contributed by atoms with Crippen LogP contribution < -0.4 is 25.1 Å². The highest BCUT2D eigenvalue weighted by Crippen LogP contribution is 2.28. The zero-order valence-corrected chi connectivity index (χ0v) is 19.8. The van der Waals surface area contributed by atoms with E-state index < -0.39 is 11.8 Å². The zero-order chi connectivity index (χ0) is 24.5. The second-order valence-electron chi connectivity index (χ2n) is 7.56. The molecule has 0 fully saturated rings. The van der Waals surface area contributed by atoms with Crippen LogP contribution in [0.5, 0.6) is 17.2 Å². The quantitative estimate of drug-likeness (QED) is 0.341. The van der Waals surface area contributed by atoms with Crippen molar-refractivity contribution < 1.29 is 28.3 Å². The molecule has 1 heterocycles. The fourth-order valence-corrected chi connectivity index (χ4v) is 3.15. The number of nitrogens with zero attached hydrogens (tertiary/aromatic N) is 1. The van der Waals surface area contributed by atoms with Crippen LogP contribution in [0.3, 0.4) is 0 Å². The van der Waals surface area contributed by atoms with Gasteiger partial charge in [0.15, 0.2) is 11.5 Å². The summed E-state index contributed by atoms with van der Waals surface area (Å²) in [5.74, 6) is 0.998. The molecule has 0 saturated carbocycles. The Morgan fingerprint density at radius 2 is 1.74 bits per heavy atom. The number of unbranched alkanes of at least 4 members (excludes halogenated alkanes) is 1. The summed E-state index contributed by atoms with van der Waals surface area (Å²) in [5.41, 5.74) is 6.97. The lowest BCUT2D eigenvalue weighted by atomic mass is 10.2. The molecule has 3 rings (SSSR count). The number of rotatable bonds is 10. The summed E-state index contributed by atoms with van der Waals surface area (Å²) in [6.07, 6.45) is 1.93. The van der Waals surface area contributed by atoms with E-state index in [-0.39, 0.29) is 12.2 Å². The summed E-state index contributed by atoms with van der Waals surface area (Å²) in [6, 6.07) is 11.6. The van der Waals surface area contributed by atoms with Crippen molar-refractivity contribution in [2.75, 3.05) is 13.7 Å². The number of nitrogens with one attached hydrogen (secondary N) is 2. The molecular weight excluding hydrogens is 438 g/mol. The van der Waals surface area contributed by atoms with Crippen LogP contribution in [0, 0.1) is 13.8 Å². The van der Waals surface area contributed by atoms with E-state index in [1.807, 2.05) is 6.92 Å². The minimum absolute atomic E-state index is 0.199. The second-order valence-corrected chi connectivity index (χ2v) is 7.56. The number of benzene rings is 2. The maximum absolute atomic E-state index is 12.7. The van der Waals surface area contributed by atoms with Crippen LogP contribution >= 0.6 is 0 Å². The van der Waals surface area contributed by atoms with Crippen molar-refractivity contribution in [3.8, 4) is 17.2 Å². The third kappa shape index (κ3) is 6.06. The SMILES string of the molecule is CCCCOc1ccc(C(=O)NNC(=O)c2ccccc2OCc2c(C)noc2C)cc1OC. The molecule has 9 heteroatoms. The number of carbonyl (C=O) groups excluding carboxylic acids is 2. The van der Waals surface area contributed by atoms with Crippen molar-refractivity contribution in [1.82, 2.24) is 16.0 Å². The van der Waals surface area contributed by atoms with Gasteiger partial charge in [0.2, 0.25) is 0 Å². The van der Waals surface area contributed by atoms with E-state index in [1.54, 1.807) is 49.4 Å². The molecule has 0 atom stereocenters. The van der Waals surface area contributed by atoms with E-state index in [2.05, 4.69) is 22.9 Å². The van der Waals surface area contributed by atoms with Gasteiger partial charge in [0.25, 0.3) is 11.8 Å². The van der Waals surface area contributed by atoms with Crippen molar-refractivity contribution in [2.24, 2.45) is 0 Å². The first-order valence-corrected chi connectivity index (χ1v) is 11.0. The first-order valence-electron chi connectivity index (χ1n) is 11.0. The predicted octanol–water partition coefficient (Wildman–Crippen LogP) is 4.13. The largest absolute Gasteiger partial charge is 0.493 e. The maximum Gasteiger partial charge on any atom is 0.273 e. The van der Waals surface area contributed by atoms with Crippen molar-refractivity contribution in [3.05, 3.63) is 70.6 Å². The molecule has 0 saturated heterocycles. The number of hydrogen-bond donors (Lipinski definition) is 2. The van der Waals surface area contributed by atoms with E-state index in [9.17, 15) is 9.59 Å². The third-order valence-electron chi connectivity index (χ3n) is 5.16. The monoisotopic (exact) mass is 467 g/mol. The topological polar surface area (TPSA) is 112 Å². The smallest absolute Gasteiger partial charge is 0.273 e. The highest BCUT2D eigenvalue weighted by molar-refractivity contribution is 6.00. The second kappa shape index (κ2) is 11.7. The molecule has 9 nitrogen and oxygen atoms in total. The zero-order valence-electron chi connectivity index (χ0n) is 19.8. The summed E-state index contributed by atoms with van der Waals surface area (Å²) in [5, 5.41) is 3.90. The fraction of sp³-hybridized carbons (Fsp3) is 0.320. The Bertz CT molecular complexity index is 1120. The molecule has 0 unspecified atom stereocenters. The number of para-hydroxylation sites is 1. The summed E-state index contributed by atoms with van der Waals surface area (Å²) in [7, 11) is 1.50. The molecule has 0 aliphatic rings. The Kier molecular flexibility index (Phi) is 8.50. The minimum Gasteiger partial charge on any atom is -0.493 e. The van der Waals surface area contributed by atoms with Crippen molar-refractivity contribution >= 4 is 11.8 Å². The van der Waals surface area contributed by atoms with Gasteiger partial charge in [0, 0.05) is 5.56 Å². The van der Waals surface area contributed by atoms with Crippen molar-refractivity contribution in [3.63, 3.8) is 0 Å². The molecule has 0 aliphatic heterocycles. The average molecular weight is 468 g/mol. The minimum atomic E-state index is -0.519. The summed E-state index contributed by atoms with van der Waals surface area (Å²) >= 11 is 0. The number of carbonyl (C=O) groups is 2. The van der Waals surface area contributed by atoms with Gasteiger partial charge in [0.1, 0.15) is 18.1 Å². The van der Waals surface area contributed by atoms with Gasteiger partial charge in [-0.1, -0.05) is 30.6 Å². The standard InChI is InChI=1S/C25H29N3O6/c1-5-6-13-32-22-12-11-18(14-23(22)31-4)24(29)26-27-25(30)19-9-7-8-10-21(19)33-15-20-16(2)28-34-17(20)3/h7-12,14H,5-6,13,15H2,1-4H3,(H,26,29)(H,27,30). The molecule has 2 N–H and O–H groups in total. The van der Waals surface area contributed by atoms with Gasteiger partial charge in [-0.2, -0.15) is 0 Å².